The van der Waals surface area contributed by atoms with Crippen molar-refractivity contribution in [1.82, 2.24) is 0 Å². The first-order chi connectivity index (χ1) is 22.3. The molecule has 0 radical (unpaired) electrons. The van der Waals surface area contributed by atoms with Gasteiger partial charge in [0.25, 0.3) is 0 Å². The summed E-state index contributed by atoms with van der Waals surface area (Å²) in [5, 5.41) is 0. The highest BCUT2D eigenvalue weighted by atomic mass is 15.1. The summed E-state index contributed by atoms with van der Waals surface area (Å²) in [5.41, 5.74) is 13.9. The second-order valence-electron chi connectivity index (χ2n) is 12.5. The van der Waals surface area contributed by atoms with Gasteiger partial charge in [-0.15, -0.1) is 0 Å². The van der Waals surface area contributed by atoms with Crippen LogP contribution in [0.1, 0.15) is 23.0 Å². The van der Waals surface area contributed by atoms with E-state index in [1.165, 1.54) is 38.9 Å². The summed E-state index contributed by atoms with van der Waals surface area (Å²) in [5.74, 6) is 2.43. The van der Waals surface area contributed by atoms with Crippen molar-refractivity contribution in [2.45, 2.75) is 11.8 Å². The van der Waals surface area contributed by atoms with Crippen molar-refractivity contribution < 1.29 is 0 Å². The summed E-state index contributed by atoms with van der Waals surface area (Å²) >= 11 is 0. The summed E-state index contributed by atoms with van der Waals surface area (Å²) in [6.07, 6.45) is 9.74. The Bertz CT molecular complexity index is 1930. The molecule has 10 rings (SSSR count). The third-order valence-corrected chi connectivity index (χ3v) is 9.94. The summed E-state index contributed by atoms with van der Waals surface area (Å²) in [4.78, 5) is 2.36. The van der Waals surface area contributed by atoms with E-state index in [4.69, 9.17) is 0 Å². The van der Waals surface area contributed by atoms with Crippen LogP contribution in [0.15, 0.2) is 176 Å². The molecule has 0 aliphatic heterocycles. The van der Waals surface area contributed by atoms with Crippen LogP contribution in [0.25, 0.3) is 33.4 Å². The van der Waals surface area contributed by atoms with Gasteiger partial charge in [0.2, 0.25) is 0 Å². The minimum atomic E-state index is 0.423. The van der Waals surface area contributed by atoms with E-state index in [1.54, 1.807) is 5.56 Å². The molecule has 1 fully saturated rings. The molecule has 1 nitrogen and oxygen atoms in total. The lowest BCUT2D eigenvalue weighted by Crippen LogP contribution is -2.09. The number of hydrogen-bond donors (Lipinski definition) is 0. The molecule has 6 aromatic carbocycles. The van der Waals surface area contributed by atoms with Crippen LogP contribution in [0.2, 0.25) is 0 Å². The van der Waals surface area contributed by atoms with Gasteiger partial charge in [-0.25, -0.2) is 0 Å². The van der Waals surface area contributed by atoms with Crippen LogP contribution in [0.4, 0.5) is 17.1 Å². The number of anilines is 3. The van der Waals surface area contributed by atoms with E-state index in [-0.39, 0.29) is 0 Å². The van der Waals surface area contributed by atoms with Crippen LogP contribution in [0.3, 0.4) is 0 Å². The number of rotatable bonds is 6. The van der Waals surface area contributed by atoms with E-state index < -0.39 is 0 Å². The molecule has 2 atom stereocenters. The molecule has 2 unspecified atom stereocenters. The zero-order valence-electron chi connectivity index (χ0n) is 25.0. The third kappa shape index (κ3) is 4.64. The quantitative estimate of drug-likeness (QED) is 0.179. The molecule has 0 heterocycles. The lowest BCUT2D eigenvalue weighted by Gasteiger charge is -2.26. The topological polar surface area (TPSA) is 3.24 Å². The fourth-order valence-corrected chi connectivity index (χ4v) is 7.50. The Hall–Kier alpha value is -5.40. The molecule has 0 N–H and O–H groups in total. The average Bonchev–Trinajstić information content (AvgIpc) is 3.90. The maximum absolute atomic E-state index is 2.47. The second-order valence-corrected chi connectivity index (χ2v) is 12.5. The predicted octanol–water partition coefficient (Wildman–Crippen LogP) is 11.7. The Morgan fingerprint density at radius 3 is 1.20 bits per heavy atom. The van der Waals surface area contributed by atoms with Crippen LogP contribution >= 0.6 is 0 Å². The zero-order chi connectivity index (χ0) is 29.7. The highest BCUT2D eigenvalue weighted by Gasteiger charge is 2.51. The zero-order valence-corrected chi connectivity index (χ0v) is 25.0. The normalized spacial score (nSPS) is 20.3. The Morgan fingerprint density at radius 1 is 0.333 bits per heavy atom. The van der Waals surface area contributed by atoms with Crippen molar-refractivity contribution >= 4 is 17.1 Å². The number of benzene rings is 6. The second kappa shape index (κ2) is 10.6. The smallest absolute Gasteiger partial charge is 0.0462 e. The molecule has 0 saturated heterocycles. The molecule has 1 saturated carbocycles. The molecule has 4 bridgehead atoms. The predicted molar refractivity (Wildman–Crippen MR) is 188 cm³/mol. The molecule has 1 heteroatoms. The van der Waals surface area contributed by atoms with Crippen LogP contribution in [0, 0.1) is 11.8 Å². The van der Waals surface area contributed by atoms with E-state index in [1.807, 2.05) is 0 Å². The Labute approximate surface area is 265 Å². The van der Waals surface area contributed by atoms with Crippen LogP contribution < -0.4 is 4.90 Å². The van der Waals surface area contributed by atoms with Gasteiger partial charge in [0.05, 0.1) is 0 Å². The lowest BCUT2D eigenvalue weighted by atomic mass is 9.90. The highest BCUT2D eigenvalue weighted by Crippen LogP contribution is 2.61. The van der Waals surface area contributed by atoms with E-state index in [2.05, 4.69) is 181 Å². The van der Waals surface area contributed by atoms with Gasteiger partial charge in [0.1, 0.15) is 0 Å². The van der Waals surface area contributed by atoms with E-state index in [9.17, 15) is 0 Å². The van der Waals surface area contributed by atoms with Gasteiger partial charge in [-0.1, -0.05) is 140 Å². The average molecular weight is 576 g/mol. The Morgan fingerprint density at radius 2 is 0.733 bits per heavy atom. The van der Waals surface area contributed by atoms with Gasteiger partial charge >= 0.3 is 0 Å². The molecule has 0 aromatic heterocycles. The fourth-order valence-electron chi connectivity index (χ4n) is 7.50. The van der Waals surface area contributed by atoms with Crippen molar-refractivity contribution in [3.63, 3.8) is 0 Å². The van der Waals surface area contributed by atoms with Gasteiger partial charge in [-0.05, 0) is 98.7 Å². The van der Waals surface area contributed by atoms with Gasteiger partial charge in [-0.2, -0.15) is 0 Å². The first-order valence-electron chi connectivity index (χ1n) is 16.0. The summed E-state index contributed by atoms with van der Waals surface area (Å²) < 4.78 is 0. The van der Waals surface area contributed by atoms with Crippen molar-refractivity contribution in [3.05, 3.63) is 187 Å². The molecule has 0 amide bonds. The van der Waals surface area contributed by atoms with Crippen LogP contribution in [-0.4, -0.2) is 0 Å². The fraction of sp³-hybridized carbons (Fsp3) is 0.0909. The summed E-state index contributed by atoms with van der Waals surface area (Å²) in [7, 11) is 0. The van der Waals surface area contributed by atoms with E-state index in [0.29, 0.717) is 23.7 Å². The summed E-state index contributed by atoms with van der Waals surface area (Å²) in [6.45, 7) is 0. The minimum absolute atomic E-state index is 0.423. The van der Waals surface area contributed by atoms with Gasteiger partial charge in [0, 0.05) is 23.0 Å². The molecular weight excluding hydrogens is 542 g/mol. The van der Waals surface area contributed by atoms with E-state index in [0.717, 1.165) is 17.1 Å². The number of hydrogen-bond acceptors (Lipinski definition) is 1. The number of allylic oxidation sites excluding steroid dienone is 4. The maximum atomic E-state index is 2.47. The molecule has 214 valence electrons. The van der Waals surface area contributed by atoms with E-state index >= 15 is 0 Å². The molecular formula is C44H33N. The maximum Gasteiger partial charge on any atom is 0.0462 e. The molecule has 4 aliphatic carbocycles. The monoisotopic (exact) mass is 575 g/mol. The van der Waals surface area contributed by atoms with Crippen molar-refractivity contribution in [2.24, 2.45) is 11.8 Å². The third-order valence-electron chi connectivity index (χ3n) is 9.94. The minimum Gasteiger partial charge on any atom is -0.311 e. The first kappa shape index (κ1) is 26.0. The van der Waals surface area contributed by atoms with Gasteiger partial charge < -0.3 is 4.90 Å². The first-order valence-corrected chi connectivity index (χ1v) is 16.0. The van der Waals surface area contributed by atoms with Crippen molar-refractivity contribution in [2.75, 3.05) is 4.90 Å². The standard InChI is InChI=1S/C44H33N/c1-3-7-30(8-4-1)32-11-20-37(21-12-32)45(38-22-13-33(14-23-38)31-9-5-2-6-10-31)39-24-15-34(16-25-39)36-19-26-40-35-17-27-41-42(28-18-35)44(41)43(40)29-36/h1-29,35,41-42,44H. The molecule has 6 aromatic rings. The summed E-state index contributed by atoms with van der Waals surface area (Å²) in [6, 6.07) is 55.2. The number of nitrogens with zero attached hydrogens (tertiary/aromatic N) is 1. The highest BCUT2D eigenvalue weighted by molar-refractivity contribution is 5.81. The Balaban J connectivity index is 1.07. The van der Waals surface area contributed by atoms with Crippen LogP contribution in [0.5, 0.6) is 0 Å². The largest absolute Gasteiger partial charge is 0.311 e. The van der Waals surface area contributed by atoms with Crippen molar-refractivity contribution in [3.8, 4) is 33.4 Å². The molecule has 0 spiro atoms. The van der Waals surface area contributed by atoms with Crippen LogP contribution in [-0.2, 0) is 0 Å². The van der Waals surface area contributed by atoms with Crippen molar-refractivity contribution in [1.29, 1.82) is 0 Å². The SMILES string of the molecule is C1=CC2C3C=CC1c1ccc(-c4ccc(N(c5ccc(-c6ccccc6)cc5)c5ccc(-c6ccccc6)cc5)cc4)cc1C23. The van der Waals surface area contributed by atoms with Gasteiger partial charge in [-0.3, -0.25) is 0 Å². The molecule has 45 heavy (non-hydrogen) atoms. The Kier molecular flexibility index (Phi) is 6.16. The lowest BCUT2D eigenvalue weighted by molar-refractivity contribution is 1.00. The molecule has 4 aliphatic rings. The van der Waals surface area contributed by atoms with Gasteiger partial charge in [0.15, 0.2) is 0 Å².